The highest BCUT2D eigenvalue weighted by atomic mass is 35.5. The second kappa shape index (κ2) is 8.93. The number of esters is 1. The van der Waals surface area contributed by atoms with Crippen molar-refractivity contribution in [3.8, 4) is 5.69 Å². The number of hydrogen-bond donors (Lipinski definition) is 0. The molecule has 0 aliphatic carbocycles. The van der Waals surface area contributed by atoms with Gasteiger partial charge in [-0.1, -0.05) is 35.3 Å². The van der Waals surface area contributed by atoms with Crippen molar-refractivity contribution in [2.24, 2.45) is 0 Å². The summed E-state index contributed by atoms with van der Waals surface area (Å²) in [5, 5.41) is 1.13. The Kier molecular flexibility index (Phi) is 6.19. The summed E-state index contributed by atoms with van der Waals surface area (Å²) in [5.41, 5.74) is 5.19. The molecule has 5 nitrogen and oxygen atoms in total. The van der Waals surface area contributed by atoms with E-state index in [-0.39, 0.29) is 17.1 Å². The minimum atomic E-state index is -0.569. The van der Waals surface area contributed by atoms with E-state index >= 15 is 0 Å². The summed E-state index contributed by atoms with van der Waals surface area (Å²) in [6.07, 6.45) is 1.74. The number of ether oxygens (including phenoxy) is 1. The van der Waals surface area contributed by atoms with E-state index in [1.165, 1.54) is 12.0 Å². The van der Waals surface area contributed by atoms with Crippen LogP contribution in [0.1, 0.15) is 23.9 Å². The summed E-state index contributed by atoms with van der Waals surface area (Å²) in [4.78, 5) is 27.7. The molecule has 1 amide bonds. The zero-order chi connectivity index (χ0) is 23.9. The molecule has 0 spiro atoms. The summed E-state index contributed by atoms with van der Waals surface area (Å²) in [5.74, 6) is -0.886. The van der Waals surface area contributed by atoms with Gasteiger partial charge in [-0.05, 0) is 74.9 Å². The molecule has 0 atom stereocenters. The van der Waals surface area contributed by atoms with Crippen LogP contribution in [0.2, 0.25) is 10.0 Å². The normalized spacial score (nSPS) is 15.0. The highest BCUT2D eigenvalue weighted by Crippen LogP contribution is 2.37. The maximum absolute atomic E-state index is 13.5. The number of carbonyl (C=O) groups is 2. The van der Waals surface area contributed by atoms with E-state index in [0.717, 1.165) is 22.6 Å². The Morgan fingerprint density at radius 1 is 0.939 bits per heavy atom. The molecule has 2 heterocycles. The molecule has 0 unspecified atom stereocenters. The molecule has 7 heteroatoms. The number of benzene rings is 2. The molecule has 0 N–H and O–H groups in total. The van der Waals surface area contributed by atoms with Crippen LogP contribution in [0.25, 0.3) is 11.8 Å². The topological polar surface area (TPSA) is 51.5 Å². The van der Waals surface area contributed by atoms with Crippen LogP contribution in [0.5, 0.6) is 0 Å². The number of nitrogens with zero attached hydrogens (tertiary/aromatic N) is 2. The number of methoxy groups -OCH3 is 1. The lowest BCUT2D eigenvalue weighted by molar-refractivity contribution is -0.136. The zero-order valence-electron chi connectivity index (χ0n) is 18.6. The summed E-state index contributed by atoms with van der Waals surface area (Å²) in [6, 6.07) is 16.5. The van der Waals surface area contributed by atoms with Gasteiger partial charge in [-0.2, -0.15) is 0 Å². The Hall–Kier alpha value is -3.28. The van der Waals surface area contributed by atoms with Crippen molar-refractivity contribution in [1.29, 1.82) is 0 Å². The van der Waals surface area contributed by atoms with Crippen molar-refractivity contribution in [3.05, 3.63) is 98.4 Å². The Balaban J connectivity index is 1.86. The average Bonchev–Trinajstić information content (AvgIpc) is 3.19. The largest absolute Gasteiger partial charge is 0.465 e. The molecule has 168 valence electrons. The fourth-order valence-electron chi connectivity index (χ4n) is 4.21. The van der Waals surface area contributed by atoms with Gasteiger partial charge in [-0.15, -0.1) is 0 Å². The van der Waals surface area contributed by atoms with Crippen molar-refractivity contribution < 1.29 is 14.3 Å². The SMILES string of the molecule is COC(=O)C1=C(C)N(c2cccc(Cl)c2)C(=O)/C1=C\c1cc(C)n(-c2cccc(Cl)c2)c1C. The molecule has 33 heavy (non-hydrogen) atoms. The number of carbonyl (C=O) groups excluding carboxylic acids is 2. The van der Waals surface area contributed by atoms with E-state index in [1.807, 2.05) is 44.2 Å². The van der Waals surface area contributed by atoms with E-state index in [2.05, 4.69) is 4.57 Å². The van der Waals surface area contributed by atoms with E-state index in [0.29, 0.717) is 21.4 Å². The average molecular weight is 481 g/mol. The van der Waals surface area contributed by atoms with Gasteiger partial charge in [0, 0.05) is 32.8 Å². The van der Waals surface area contributed by atoms with Crippen molar-refractivity contribution in [3.63, 3.8) is 0 Å². The maximum Gasteiger partial charge on any atom is 0.340 e. The molecular formula is C26H22Cl2N2O3. The number of allylic oxidation sites excluding steroid dienone is 1. The van der Waals surface area contributed by atoms with Crippen molar-refractivity contribution in [2.75, 3.05) is 12.0 Å². The van der Waals surface area contributed by atoms with Crippen LogP contribution >= 0.6 is 23.2 Å². The van der Waals surface area contributed by atoms with Gasteiger partial charge in [0.25, 0.3) is 5.91 Å². The second-order valence-electron chi connectivity index (χ2n) is 7.77. The first-order valence-corrected chi connectivity index (χ1v) is 11.0. The number of aromatic nitrogens is 1. The molecule has 0 saturated heterocycles. The Morgan fingerprint density at radius 3 is 2.15 bits per heavy atom. The van der Waals surface area contributed by atoms with E-state index in [4.69, 9.17) is 27.9 Å². The van der Waals surface area contributed by atoms with Gasteiger partial charge in [-0.3, -0.25) is 9.69 Å². The molecular weight excluding hydrogens is 459 g/mol. The molecule has 2 aromatic carbocycles. The highest BCUT2D eigenvalue weighted by Gasteiger charge is 2.38. The van der Waals surface area contributed by atoms with E-state index in [1.54, 1.807) is 37.3 Å². The lowest BCUT2D eigenvalue weighted by Gasteiger charge is -2.18. The summed E-state index contributed by atoms with van der Waals surface area (Å²) in [6.45, 7) is 5.66. The molecule has 0 radical (unpaired) electrons. The number of hydrogen-bond acceptors (Lipinski definition) is 3. The molecule has 0 fully saturated rings. The molecule has 0 saturated carbocycles. The minimum Gasteiger partial charge on any atom is -0.465 e. The van der Waals surface area contributed by atoms with Gasteiger partial charge in [0.2, 0.25) is 0 Å². The molecule has 3 aromatic rings. The summed E-state index contributed by atoms with van der Waals surface area (Å²) >= 11 is 12.3. The second-order valence-corrected chi connectivity index (χ2v) is 8.65. The van der Waals surface area contributed by atoms with Crippen LogP contribution in [0.15, 0.2) is 71.4 Å². The monoisotopic (exact) mass is 480 g/mol. The van der Waals surface area contributed by atoms with Gasteiger partial charge < -0.3 is 9.30 Å². The Morgan fingerprint density at radius 2 is 1.55 bits per heavy atom. The standard InChI is InChI=1S/C26H22Cl2N2O3/c1-15-11-18(16(2)29(15)21-9-5-7-19(27)13-21)12-23-24(26(32)33-4)17(3)30(25(23)31)22-10-6-8-20(28)14-22/h5-14H,1-4H3/b23-12-. The molecule has 4 rings (SSSR count). The smallest absolute Gasteiger partial charge is 0.340 e. The lowest BCUT2D eigenvalue weighted by atomic mass is 10.0. The van der Waals surface area contributed by atoms with Gasteiger partial charge >= 0.3 is 5.97 Å². The first-order chi connectivity index (χ1) is 15.7. The third-order valence-electron chi connectivity index (χ3n) is 5.69. The summed E-state index contributed by atoms with van der Waals surface area (Å²) in [7, 11) is 1.30. The predicted octanol–water partition coefficient (Wildman–Crippen LogP) is 6.28. The van der Waals surface area contributed by atoms with E-state index < -0.39 is 5.97 Å². The van der Waals surface area contributed by atoms with Crippen LogP contribution in [0.4, 0.5) is 5.69 Å². The maximum atomic E-state index is 13.5. The number of amides is 1. The van der Waals surface area contributed by atoms with Crippen molar-refractivity contribution in [1.82, 2.24) is 4.57 Å². The summed E-state index contributed by atoms with van der Waals surface area (Å²) < 4.78 is 7.06. The van der Waals surface area contributed by atoms with Crippen LogP contribution in [-0.4, -0.2) is 23.6 Å². The fraction of sp³-hybridized carbons (Fsp3) is 0.154. The van der Waals surface area contributed by atoms with Gasteiger partial charge in [-0.25, -0.2) is 4.79 Å². The minimum absolute atomic E-state index is 0.232. The van der Waals surface area contributed by atoms with Gasteiger partial charge in [0.1, 0.15) is 0 Å². The molecule has 0 bridgehead atoms. The Bertz CT molecular complexity index is 1350. The van der Waals surface area contributed by atoms with E-state index in [9.17, 15) is 9.59 Å². The van der Waals surface area contributed by atoms with Crippen molar-refractivity contribution >= 4 is 46.8 Å². The highest BCUT2D eigenvalue weighted by molar-refractivity contribution is 6.31. The number of halogens is 2. The quantitative estimate of drug-likeness (QED) is 0.326. The first kappa shape index (κ1) is 22.9. The van der Waals surface area contributed by atoms with Gasteiger partial charge in [0.15, 0.2) is 0 Å². The third kappa shape index (κ3) is 4.10. The predicted molar refractivity (Wildman–Crippen MR) is 132 cm³/mol. The zero-order valence-corrected chi connectivity index (χ0v) is 20.2. The molecule has 1 aliphatic heterocycles. The molecule has 1 aromatic heterocycles. The van der Waals surface area contributed by atoms with Crippen LogP contribution in [0.3, 0.4) is 0 Å². The first-order valence-electron chi connectivity index (χ1n) is 10.3. The molecule has 1 aliphatic rings. The van der Waals surface area contributed by atoms with Crippen LogP contribution in [0, 0.1) is 13.8 Å². The Labute approximate surface area is 202 Å². The van der Waals surface area contributed by atoms with Crippen LogP contribution in [-0.2, 0) is 14.3 Å². The van der Waals surface area contributed by atoms with Gasteiger partial charge in [0.05, 0.1) is 23.9 Å². The fourth-order valence-corrected chi connectivity index (χ4v) is 4.58. The number of aryl methyl sites for hydroxylation is 1. The third-order valence-corrected chi connectivity index (χ3v) is 6.16. The number of anilines is 1. The number of rotatable bonds is 4. The lowest BCUT2D eigenvalue weighted by Crippen LogP contribution is -2.24. The van der Waals surface area contributed by atoms with Crippen molar-refractivity contribution in [2.45, 2.75) is 20.8 Å². The van der Waals surface area contributed by atoms with Crippen LogP contribution < -0.4 is 4.90 Å².